The number of carbonyl (C=O) groups excluding carboxylic acids is 2. The van der Waals surface area contributed by atoms with E-state index in [0.717, 1.165) is 0 Å². The van der Waals surface area contributed by atoms with Crippen LogP contribution >= 0.6 is 0 Å². The Morgan fingerprint density at radius 3 is 1.12 bits per heavy atom. The molecule has 0 aliphatic rings. The first-order valence-electron chi connectivity index (χ1n) is 2.90. The molecule has 0 aliphatic carbocycles. The van der Waals surface area contributed by atoms with E-state index >= 15 is 0 Å². The van der Waals surface area contributed by atoms with Crippen LogP contribution in [0, 0.1) is 0 Å². The van der Waals surface area contributed by atoms with Gasteiger partial charge in [0.25, 0.3) is 0 Å². The smallest absolute Gasteiger partial charge is 0.832 e. The van der Waals surface area contributed by atoms with E-state index in [1.165, 1.54) is 0 Å². The van der Waals surface area contributed by atoms with E-state index in [0.29, 0.717) is 0 Å². The van der Waals surface area contributed by atoms with Gasteiger partial charge in [-0.3, -0.25) is 0 Å². The zero-order chi connectivity index (χ0) is 13.7. The summed E-state index contributed by atoms with van der Waals surface area (Å²) in [5.74, 6) is -4.04. The van der Waals surface area contributed by atoms with Crippen LogP contribution in [0.15, 0.2) is 0 Å². The topological polar surface area (TPSA) is 177 Å². The molecule has 0 unspecified atom stereocenters. The number of hydrogen-bond donors (Lipinski definition) is 5. The van der Waals surface area contributed by atoms with Crippen molar-refractivity contribution in [3.05, 3.63) is 0 Å². The molecule has 5 N–H and O–H groups in total. The van der Waals surface area contributed by atoms with Gasteiger partial charge in [0.05, 0.1) is 0 Å². The van der Waals surface area contributed by atoms with Crippen LogP contribution in [0.25, 0.3) is 0 Å². The van der Waals surface area contributed by atoms with Gasteiger partial charge in [-0.15, -0.1) is 0 Å². The van der Waals surface area contributed by atoms with E-state index in [1.54, 1.807) is 0 Å². The van der Waals surface area contributed by atoms with Gasteiger partial charge in [-0.25, -0.2) is 19.5 Å². The van der Waals surface area contributed by atoms with Crippen LogP contribution < -0.4 is 23.9 Å². The molecule has 0 radical (unpaired) electrons. The van der Waals surface area contributed by atoms with Gasteiger partial charge in [0, 0.05) is 9.05 Å². The van der Waals surface area contributed by atoms with E-state index in [-0.39, 0.29) is 18.9 Å². The van der Waals surface area contributed by atoms with E-state index in [9.17, 15) is 18.6 Å². The van der Waals surface area contributed by atoms with Crippen LogP contribution in [-0.2, 0) is 19.5 Å². The van der Waals surface area contributed by atoms with Gasteiger partial charge in [-0.1, -0.05) is 0 Å². The minimum atomic E-state index is -2.42. The first-order valence-corrected chi connectivity index (χ1v) is 2.90. The van der Waals surface area contributed by atoms with Crippen molar-refractivity contribution in [2.24, 2.45) is 0 Å². The normalized spacial score (nSPS) is 6.82. The van der Waals surface area contributed by atoms with Crippen molar-refractivity contribution >= 4 is 26.6 Å². The molecule has 0 spiro atoms. The van der Waals surface area contributed by atoms with Crippen LogP contribution in [-0.4, -0.2) is 51.7 Å². The largest absolute Gasteiger partial charge is 1.00 e. The third-order valence-corrected chi connectivity index (χ3v) is 0.307. The third kappa shape index (κ3) is 50.8. The Morgan fingerprint density at radius 2 is 1.06 bits per heavy atom. The Labute approximate surface area is 105 Å². The molecule has 0 saturated heterocycles. The fraction of sp³-hybridized carbons (Fsp3) is 0. The Morgan fingerprint density at radius 1 is 0.941 bits per heavy atom. The quantitative estimate of drug-likeness (QED) is 0.206. The van der Waals surface area contributed by atoms with Crippen molar-refractivity contribution in [3.63, 3.8) is 0 Å². The number of halogens is 2. The van der Waals surface area contributed by atoms with Gasteiger partial charge in [0.2, 0.25) is 0 Å². The standard InChI is InChI=1S/C2F2O4.BH3O3.BH2O3.Li/c3-7-1(5)2(6)8-4;2*2-1(3)4;/h;2-4H;2-3H;/q;;-1;+1. The van der Waals surface area contributed by atoms with Crippen molar-refractivity contribution in [2.75, 3.05) is 0 Å². The number of hydrogen-bond acceptors (Lipinski definition) is 10. The molecule has 0 aromatic rings. The fourth-order valence-electron chi connectivity index (χ4n) is 0.0630. The molecule has 0 rings (SSSR count). The molecule has 94 valence electrons. The van der Waals surface area contributed by atoms with E-state index < -0.39 is 26.6 Å². The monoisotopic (exact) mass is 256 g/mol. The number of carbonyl (C=O) groups is 2. The van der Waals surface area contributed by atoms with Gasteiger partial charge in [-0.05, 0) is 0 Å². The van der Waals surface area contributed by atoms with Crippen LogP contribution in [0.2, 0.25) is 0 Å². The molecule has 15 heteroatoms. The molecular formula is C2H5B2F2LiO10. The number of rotatable bonds is 0. The van der Waals surface area contributed by atoms with Crippen LogP contribution in [0.3, 0.4) is 0 Å². The summed E-state index contributed by atoms with van der Waals surface area (Å²) in [7, 11) is -4.58. The van der Waals surface area contributed by atoms with Crippen LogP contribution in [0.4, 0.5) is 9.05 Å². The summed E-state index contributed by atoms with van der Waals surface area (Å²) in [6.45, 7) is 0. The maximum atomic E-state index is 10.5. The van der Waals surface area contributed by atoms with E-state index in [4.69, 9.17) is 30.1 Å². The molecule has 0 bridgehead atoms. The van der Waals surface area contributed by atoms with Crippen molar-refractivity contribution in [1.29, 1.82) is 0 Å². The van der Waals surface area contributed by atoms with E-state index in [2.05, 4.69) is 9.88 Å². The van der Waals surface area contributed by atoms with Crippen molar-refractivity contribution in [3.8, 4) is 0 Å². The SMILES string of the molecule is O=C(OF)C(=O)OF.OB(O)O.[Li+].[O-]B(O)O. The summed E-state index contributed by atoms with van der Waals surface area (Å²) in [4.78, 5) is 23.4. The second kappa shape index (κ2) is 17.7. The van der Waals surface area contributed by atoms with Gasteiger partial charge >= 0.3 is 45.4 Å². The first kappa shape index (κ1) is 25.2. The zero-order valence-electron chi connectivity index (χ0n) is 8.19. The molecule has 0 saturated carbocycles. The summed E-state index contributed by atoms with van der Waals surface area (Å²) in [6.07, 6.45) is 0. The molecular weight excluding hydrogens is 251 g/mol. The van der Waals surface area contributed by atoms with Crippen molar-refractivity contribution in [2.45, 2.75) is 0 Å². The average Bonchev–Trinajstić information content (AvgIpc) is 2.13. The van der Waals surface area contributed by atoms with Crippen LogP contribution in [0.1, 0.15) is 0 Å². The maximum absolute atomic E-state index is 10.5. The Bertz CT molecular complexity index is 166. The molecule has 0 aromatic carbocycles. The summed E-state index contributed by atoms with van der Waals surface area (Å²) in [5, 5.41) is 44.2. The van der Waals surface area contributed by atoms with E-state index in [1.807, 2.05) is 0 Å². The second-order valence-electron chi connectivity index (χ2n) is 1.40. The van der Waals surface area contributed by atoms with Crippen LogP contribution in [0.5, 0.6) is 0 Å². The molecule has 0 amide bonds. The minimum Gasteiger partial charge on any atom is -0.832 e. The van der Waals surface area contributed by atoms with Gasteiger partial charge in [0.1, 0.15) is 0 Å². The Kier molecular flexibility index (Phi) is 26.2. The summed E-state index contributed by atoms with van der Waals surface area (Å²) in [6, 6.07) is 0. The second-order valence-corrected chi connectivity index (χ2v) is 1.40. The fourth-order valence-corrected chi connectivity index (χ4v) is 0.0630. The molecule has 10 nitrogen and oxygen atoms in total. The Hall–Kier alpha value is -0.713. The molecule has 0 heterocycles. The molecule has 17 heavy (non-hydrogen) atoms. The molecule has 0 aromatic heterocycles. The van der Waals surface area contributed by atoms with Crippen molar-refractivity contribution < 1.29 is 77.5 Å². The third-order valence-electron chi connectivity index (χ3n) is 0.307. The predicted molar refractivity (Wildman–Crippen MR) is 37.0 cm³/mol. The Balaban J connectivity index is -0.0000000806. The van der Waals surface area contributed by atoms with Crippen molar-refractivity contribution in [1.82, 2.24) is 0 Å². The summed E-state index contributed by atoms with van der Waals surface area (Å²) < 4.78 is 21.0. The van der Waals surface area contributed by atoms with Gasteiger partial charge < -0.3 is 30.1 Å². The average molecular weight is 256 g/mol. The van der Waals surface area contributed by atoms with Gasteiger partial charge in [0.15, 0.2) is 0 Å². The zero-order valence-corrected chi connectivity index (χ0v) is 8.19. The predicted octanol–water partition coefficient (Wildman–Crippen LogP) is -7.89. The molecule has 0 aliphatic heterocycles. The van der Waals surface area contributed by atoms with Gasteiger partial charge in [-0.2, -0.15) is 0 Å². The summed E-state index contributed by atoms with van der Waals surface area (Å²) in [5.41, 5.74) is 0. The summed E-state index contributed by atoms with van der Waals surface area (Å²) >= 11 is 0. The molecule has 0 fully saturated rings. The minimum absolute atomic E-state index is 0. The molecule has 0 atom stereocenters. The first-order chi connectivity index (χ1) is 7.18. The maximum Gasteiger partial charge on any atom is 1.00 e.